The minimum Gasteiger partial charge on any atom is -0.496 e. The van der Waals surface area contributed by atoms with Gasteiger partial charge in [0.15, 0.2) is 0 Å². The fraction of sp³-hybridized carbons (Fsp3) is 0.200. The zero-order valence-electron chi connectivity index (χ0n) is 10.6. The molecule has 1 atom stereocenters. The van der Waals surface area contributed by atoms with Crippen molar-refractivity contribution in [2.45, 2.75) is 12.3 Å². The second-order valence-corrected chi connectivity index (χ2v) is 5.66. The summed E-state index contributed by atoms with van der Waals surface area (Å²) in [4.78, 5) is 0. The molecule has 2 aromatic carbocycles. The van der Waals surface area contributed by atoms with E-state index in [0.717, 1.165) is 21.2 Å². The van der Waals surface area contributed by atoms with Crippen molar-refractivity contribution in [1.82, 2.24) is 0 Å². The van der Waals surface area contributed by atoms with Crippen LogP contribution in [0.25, 0.3) is 0 Å². The van der Waals surface area contributed by atoms with Crippen LogP contribution in [-0.4, -0.2) is 7.11 Å². The highest BCUT2D eigenvalue weighted by molar-refractivity contribution is 9.10. The summed E-state index contributed by atoms with van der Waals surface area (Å²) in [5.41, 5.74) is 2.37. The van der Waals surface area contributed by atoms with E-state index in [2.05, 4.69) is 15.9 Å². The molecule has 0 fully saturated rings. The van der Waals surface area contributed by atoms with Gasteiger partial charge in [-0.05, 0) is 48.4 Å². The van der Waals surface area contributed by atoms with Gasteiger partial charge < -0.3 is 4.74 Å². The molecule has 0 aliphatic carbocycles. The zero-order valence-corrected chi connectivity index (χ0v) is 12.9. The van der Waals surface area contributed by atoms with Gasteiger partial charge in [0.05, 0.1) is 12.5 Å². The summed E-state index contributed by atoms with van der Waals surface area (Å²) >= 11 is 9.87. The molecule has 0 radical (unpaired) electrons. The summed E-state index contributed by atoms with van der Waals surface area (Å²) in [5.74, 6) is 0.403. The molecule has 0 aliphatic heterocycles. The third-order valence-corrected chi connectivity index (χ3v) is 3.80. The molecule has 0 amide bonds. The Labute approximate surface area is 125 Å². The Hall–Kier alpha value is -1.06. The van der Waals surface area contributed by atoms with E-state index in [1.807, 2.05) is 31.2 Å². The van der Waals surface area contributed by atoms with E-state index in [1.165, 1.54) is 12.1 Å². The summed E-state index contributed by atoms with van der Waals surface area (Å²) in [6.07, 6.45) is 0. The van der Waals surface area contributed by atoms with Crippen LogP contribution < -0.4 is 4.74 Å². The van der Waals surface area contributed by atoms with E-state index < -0.39 is 5.38 Å². The molecule has 1 nitrogen and oxygen atoms in total. The van der Waals surface area contributed by atoms with Gasteiger partial charge in [0, 0.05) is 10.0 Å². The van der Waals surface area contributed by atoms with Crippen molar-refractivity contribution >= 4 is 27.5 Å². The van der Waals surface area contributed by atoms with Gasteiger partial charge in [0.1, 0.15) is 11.6 Å². The average Bonchev–Trinajstić information content (AvgIpc) is 2.36. The van der Waals surface area contributed by atoms with Crippen LogP contribution in [0.2, 0.25) is 0 Å². The molecule has 1 unspecified atom stereocenters. The van der Waals surface area contributed by atoms with Gasteiger partial charge in [0.2, 0.25) is 0 Å². The fourth-order valence-corrected chi connectivity index (χ4v) is 2.67. The van der Waals surface area contributed by atoms with Crippen LogP contribution in [0.5, 0.6) is 5.75 Å². The largest absolute Gasteiger partial charge is 0.496 e. The molecule has 0 heterocycles. The lowest BCUT2D eigenvalue weighted by Gasteiger charge is -2.15. The Balaban J connectivity index is 2.48. The number of methoxy groups -OCH3 is 1. The van der Waals surface area contributed by atoms with Crippen molar-refractivity contribution < 1.29 is 9.13 Å². The number of rotatable bonds is 3. The maximum atomic E-state index is 13.5. The van der Waals surface area contributed by atoms with E-state index in [1.54, 1.807) is 7.11 Å². The predicted octanol–water partition coefficient (Wildman–Crippen LogP) is 5.23. The van der Waals surface area contributed by atoms with Crippen LogP contribution in [0.1, 0.15) is 22.1 Å². The summed E-state index contributed by atoms with van der Waals surface area (Å²) in [5, 5.41) is -0.457. The highest BCUT2D eigenvalue weighted by Crippen LogP contribution is 2.37. The second kappa shape index (κ2) is 5.93. The second-order valence-electron chi connectivity index (χ2n) is 4.31. The molecule has 0 N–H and O–H groups in total. The zero-order chi connectivity index (χ0) is 14.0. The van der Waals surface area contributed by atoms with Gasteiger partial charge in [-0.25, -0.2) is 4.39 Å². The highest BCUT2D eigenvalue weighted by atomic mass is 79.9. The molecular formula is C15H13BrClFO. The average molecular weight is 344 g/mol. The molecule has 100 valence electrons. The van der Waals surface area contributed by atoms with Crippen LogP contribution in [0.15, 0.2) is 40.9 Å². The quantitative estimate of drug-likeness (QED) is 0.693. The lowest BCUT2D eigenvalue weighted by molar-refractivity contribution is 0.410. The first-order valence-corrected chi connectivity index (χ1v) is 6.99. The minimum absolute atomic E-state index is 0.283. The Morgan fingerprint density at radius 1 is 1.21 bits per heavy atom. The first-order valence-electron chi connectivity index (χ1n) is 5.76. The Morgan fingerprint density at radius 2 is 1.95 bits per heavy atom. The molecule has 19 heavy (non-hydrogen) atoms. The summed E-state index contributed by atoms with van der Waals surface area (Å²) < 4.78 is 19.7. The maximum Gasteiger partial charge on any atom is 0.123 e. The van der Waals surface area contributed by atoms with Crippen LogP contribution >= 0.6 is 27.5 Å². The first-order chi connectivity index (χ1) is 9.01. The van der Waals surface area contributed by atoms with E-state index in [-0.39, 0.29) is 5.82 Å². The molecule has 4 heteroatoms. The van der Waals surface area contributed by atoms with Crippen molar-refractivity contribution in [1.29, 1.82) is 0 Å². The summed E-state index contributed by atoms with van der Waals surface area (Å²) in [6, 6.07) is 10.4. The predicted molar refractivity (Wildman–Crippen MR) is 79.5 cm³/mol. The molecule has 0 saturated heterocycles. The third-order valence-electron chi connectivity index (χ3n) is 2.82. The SMILES string of the molecule is COc1ccc(Br)cc1C(Cl)c1cc(C)cc(F)c1. The van der Waals surface area contributed by atoms with Crippen LogP contribution in [0.3, 0.4) is 0 Å². The number of halogens is 3. The summed E-state index contributed by atoms with van der Waals surface area (Å²) in [7, 11) is 1.59. The van der Waals surface area contributed by atoms with Gasteiger partial charge in [-0.15, -0.1) is 11.6 Å². The molecule has 0 spiro atoms. The minimum atomic E-state index is -0.457. The Morgan fingerprint density at radius 3 is 2.58 bits per heavy atom. The van der Waals surface area contributed by atoms with Gasteiger partial charge in [-0.2, -0.15) is 0 Å². The Kier molecular flexibility index (Phi) is 4.48. The number of hydrogen-bond donors (Lipinski definition) is 0. The van der Waals surface area contributed by atoms with Crippen LogP contribution in [0.4, 0.5) is 4.39 Å². The smallest absolute Gasteiger partial charge is 0.123 e. The van der Waals surface area contributed by atoms with Crippen molar-refractivity contribution in [2.24, 2.45) is 0 Å². The molecule has 2 aromatic rings. The molecule has 0 aliphatic rings. The normalized spacial score (nSPS) is 12.3. The number of alkyl halides is 1. The monoisotopic (exact) mass is 342 g/mol. The third kappa shape index (κ3) is 3.28. The van der Waals surface area contributed by atoms with E-state index in [4.69, 9.17) is 16.3 Å². The van der Waals surface area contributed by atoms with Gasteiger partial charge in [-0.1, -0.05) is 22.0 Å². The number of ether oxygens (including phenoxy) is 1. The first kappa shape index (κ1) is 14.4. The van der Waals surface area contributed by atoms with E-state index >= 15 is 0 Å². The van der Waals surface area contributed by atoms with Crippen LogP contribution in [-0.2, 0) is 0 Å². The molecule has 0 saturated carbocycles. The number of benzene rings is 2. The van der Waals surface area contributed by atoms with Gasteiger partial charge in [0.25, 0.3) is 0 Å². The van der Waals surface area contributed by atoms with E-state index in [0.29, 0.717) is 5.75 Å². The lowest BCUT2D eigenvalue weighted by atomic mass is 10.0. The van der Waals surface area contributed by atoms with Crippen molar-refractivity contribution in [3.05, 3.63) is 63.4 Å². The molecular weight excluding hydrogens is 331 g/mol. The van der Waals surface area contributed by atoms with E-state index in [9.17, 15) is 4.39 Å². The number of hydrogen-bond acceptors (Lipinski definition) is 1. The van der Waals surface area contributed by atoms with Crippen molar-refractivity contribution in [2.75, 3.05) is 7.11 Å². The number of aryl methyl sites for hydroxylation is 1. The van der Waals surface area contributed by atoms with Gasteiger partial charge in [-0.3, -0.25) is 0 Å². The Bertz CT molecular complexity index is 580. The fourth-order valence-electron chi connectivity index (χ4n) is 1.99. The standard InChI is InChI=1S/C15H13BrClFO/c1-9-5-10(7-12(18)6-9)15(17)13-8-11(16)3-4-14(13)19-2/h3-8,15H,1-2H3. The van der Waals surface area contributed by atoms with Crippen molar-refractivity contribution in [3.63, 3.8) is 0 Å². The summed E-state index contributed by atoms with van der Waals surface area (Å²) in [6.45, 7) is 1.84. The van der Waals surface area contributed by atoms with Gasteiger partial charge >= 0.3 is 0 Å². The van der Waals surface area contributed by atoms with Crippen molar-refractivity contribution in [3.8, 4) is 5.75 Å². The molecule has 0 aromatic heterocycles. The highest BCUT2D eigenvalue weighted by Gasteiger charge is 2.17. The molecule has 0 bridgehead atoms. The maximum absolute atomic E-state index is 13.5. The molecule has 2 rings (SSSR count). The van der Waals surface area contributed by atoms with Crippen LogP contribution in [0, 0.1) is 12.7 Å². The lowest BCUT2D eigenvalue weighted by Crippen LogP contribution is -1.99. The topological polar surface area (TPSA) is 9.23 Å².